The van der Waals surface area contributed by atoms with Gasteiger partial charge in [0.2, 0.25) is 5.91 Å². The van der Waals surface area contributed by atoms with Crippen LogP contribution in [0.5, 0.6) is 5.75 Å². The zero-order chi connectivity index (χ0) is 13.9. The quantitative estimate of drug-likeness (QED) is 0.849. The lowest BCUT2D eigenvalue weighted by atomic mass is 9.99. The molecule has 1 aliphatic heterocycles. The molecule has 0 bridgehead atoms. The van der Waals surface area contributed by atoms with Crippen LogP contribution in [0, 0.1) is 0 Å². The van der Waals surface area contributed by atoms with Crippen LogP contribution in [0.15, 0.2) is 36.7 Å². The number of hydrogen-bond acceptors (Lipinski definition) is 3. The Bertz CT molecular complexity index is 608. The van der Waals surface area contributed by atoms with Crippen molar-refractivity contribution in [3.63, 3.8) is 0 Å². The van der Waals surface area contributed by atoms with E-state index >= 15 is 0 Å². The summed E-state index contributed by atoms with van der Waals surface area (Å²) in [4.78, 5) is 14.1. The molecule has 0 radical (unpaired) electrons. The molecule has 1 aromatic heterocycles. The summed E-state index contributed by atoms with van der Waals surface area (Å²) in [6, 6.07) is 7.87. The SMILES string of the molecule is COc1ccc2c(c1)CCN(C(=O)Cn1cccn1)C2. The van der Waals surface area contributed by atoms with Gasteiger partial charge in [0, 0.05) is 25.5 Å². The molecule has 20 heavy (non-hydrogen) atoms. The normalized spacial score (nSPS) is 13.9. The number of fused-ring (bicyclic) bond motifs is 1. The van der Waals surface area contributed by atoms with Gasteiger partial charge >= 0.3 is 0 Å². The van der Waals surface area contributed by atoms with Crippen molar-refractivity contribution in [3.8, 4) is 5.75 Å². The standard InChI is InChI=1S/C15H17N3O2/c1-20-14-4-3-13-10-17(8-5-12(13)9-14)15(19)11-18-7-2-6-16-18/h2-4,6-7,9H,5,8,10-11H2,1H3. The Balaban J connectivity index is 1.70. The summed E-state index contributed by atoms with van der Waals surface area (Å²) in [6.07, 6.45) is 4.36. The summed E-state index contributed by atoms with van der Waals surface area (Å²) in [7, 11) is 1.67. The van der Waals surface area contributed by atoms with Crippen LogP contribution in [-0.4, -0.2) is 34.2 Å². The van der Waals surface area contributed by atoms with Crippen LogP contribution in [0.2, 0.25) is 0 Å². The van der Waals surface area contributed by atoms with E-state index in [0.717, 1.165) is 18.7 Å². The number of benzene rings is 1. The van der Waals surface area contributed by atoms with Gasteiger partial charge < -0.3 is 9.64 Å². The number of methoxy groups -OCH3 is 1. The average molecular weight is 271 g/mol. The zero-order valence-corrected chi connectivity index (χ0v) is 11.5. The highest BCUT2D eigenvalue weighted by molar-refractivity contribution is 5.76. The first kappa shape index (κ1) is 12.7. The fourth-order valence-electron chi connectivity index (χ4n) is 2.50. The molecule has 5 nitrogen and oxygen atoms in total. The molecule has 0 spiro atoms. The van der Waals surface area contributed by atoms with Crippen molar-refractivity contribution < 1.29 is 9.53 Å². The van der Waals surface area contributed by atoms with Gasteiger partial charge in [0.1, 0.15) is 12.3 Å². The Hall–Kier alpha value is -2.30. The lowest BCUT2D eigenvalue weighted by molar-refractivity contribution is -0.132. The predicted octanol–water partition coefficient (Wildman–Crippen LogP) is 1.48. The molecule has 0 unspecified atom stereocenters. The third-order valence-electron chi connectivity index (χ3n) is 3.63. The van der Waals surface area contributed by atoms with E-state index in [1.165, 1.54) is 11.1 Å². The average Bonchev–Trinajstić information content (AvgIpc) is 2.99. The first-order valence-corrected chi connectivity index (χ1v) is 6.67. The minimum absolute atomic E-state index is 0.107. The van der Waals surface area contributed by atoms with Crippen LogP contribution in [0.4, 0.5) is 0 Å². The molecule has 0 N–H and O–H groups in total. The minimum Gasteiger partial charge on any atom is -0.497 e. The maximum absolute atomic E-state index is 12.2. The Morgan fingerprint density at radius 3 is 3.05 bits per heavy atom. The molecule has 0 atom stereocenters. The Morgan fingerprint density at radius 2 is 2.30 bits per heavy atom. The number of carbonyl (C=O) groups excluding carboxylic acids is 1. The zero-order valence-electron chi connectivity index (χ0n) is 11.5. The lowest BCUT2D eigenvalue weighted by Gasteiger charge is -2.29. The number of carbonyl (C=O) groups is 1. The molecule has 0 saturated carbocycles. The van der Waals surface area contributed by atoms with Crippen molar-refractivity contribution in [2.75, 3.05) is 13.7 Å². The Labute approximate surface area is 117 Å². The van der Waals surface area contributed by atoms with Crippen molar-refractivity contribution in [2.45, 2.75) is 19.5 Å². The van der Waals surface area contributed by atoms with E-state index in [0.29, 0.717) is 13.1 Å². The molecule has 1 aromatic carbocycles. The van der Waals surface area contributed by atoms with E-state index in [-0.39, 0.29) is 5.91 Å². The van der Waals surface area contributed by atoms with Gasteiger partial charge in [-0.05, 0) is 35.7 Å². The van der Waals surface area contributed by atoms with Gasteiger partial charge in [0.25, 0.3) is 0 Å². The second-order valence-electron chi connectivity index (χ2n) is 4.90. The van der Waals surface area contributed by atoms with Gasteiger partial charge in [-0.15, -0.1) is 0 Å². The van der Waals surface area contributed by atoms with E-state index in [1.807, 2.05) is 23.1 Å². The first-order chi connectivity index (χ1) is 9.76. The van der Waals surface area contributed by atoms with Crippen molar-refractivity contribution >= 4 is 5.91 Å². The van der Waals surface area contributed by atoms with Crippen LogP contribution in [0.1, 0.15) is 11.1 Å². The molecule has 0 aliphatic carbocycles. The number of amides is 1. The molecular formula is C15H17N3O2. The monoisotopic (exact) mass is 271 g/mol. The van der Waals surface area contributed by atoms with Crippen LogP contribution in [-0.2, 0) is 24.3 Å². The highest BCUT2D eigenvalue weighted by Crippen LogP contribution is 2.23. The largest absolute Gasteiger partial charge is 0.497 e. The van der Waals surface area contributed by atoms with Gasteiger partial charge in [-0.3, -0.25) is 9.48 Å². The van der Waals surface area contributed by atoms with Crippen LogP contribution in [0.25, 0.3) is 0 Å². The number of ether oxygens (including phenoxy) is 1. The maximum atomic E-state index is 12.2. The molecule has 2 aromatic rings. The summed E-state index contributed by atoms with van der Waals surface area (Å²) >= 11 is 0. The van der Waals surface area contributed by atoms with E-state index in [9.17, 15) is 4.79 Å². The molecule has 104 valence electrons. The summed E-state index contributed by atoms with van der Waals surface area (Å²) in [5.41, 5.74) is 2.47. The fraction of sp³-hybridized carbons (Fsp3) is 0.333. The number of aromatic nitrogens is 2. The van der Waals surface area contributed by atoms with Gasteiger partial charge in [-0.2, -0.15) is 5.10 Å². The third kappa shape index (κ3) is 2.52. The number of rotatable bonds is 3. The third-order valence-corrected chi connectivity index (χ3v) is 3.63. The van der Waals surface area contributed by atoms with Gasteiger partial charge in [0.15, 0.2) is 0 Å². The van der Waals surface area contributed by atoms with Crippen LogP contribution >= 0.6 is 0 Å². The highest BCUT2D eigenvalue weighted by Gasteiger charge is 2.21. The summed E-state index contributed by atoms with van der Waals surface area (Å²) < 4.78 is 6.89. The number of nitrogens with zero attached hydrogens (tertiary/aromatic N) is 3. The smallest absolute Gasteiger partial charge is 0.244 e. The van der Waals surface area contributed by atoms with Crippen LogP contribution < -0.4 is 4.74 Å². The predicted molar refractivity (Wildman–Crippen MR) is 74.3 cm³/mol. The molecular weight excluding hydrogens is 254 g/mol. The second kappa shape index (κ2) is 5.36. The van der Waals surface area contributed by atoms with Crippen molar-refractivity contribution in [1.82, 2.24) is 14.7 Å². The molecule has 5 heteroatoms. The van der Waals surface area contributed by atoms with Gasteiger partial charge in [-0.1, -0.05) is 6.07 Å². The van der Waals surface area contributed by atoms with E-state index in [1.54, 1.807) is 24.2 Å². The topological polar surface area (TPSA) is 47.4 Å². The summed E-state index contributed by atoms with van der Waals surface area (Å²) in [5.74, 6) is 0.982. The van der Waals surface area contributed by atoms with E-state index in [4.69, 9.17) is 4.74 Å². The fourth-order valence-corrected chi connectivity index (χ4v) is 2.50. The second-order valence-corrected chi connectivity index (χ2v) is 4.90. The van der Waals surface area contributed by atoms with Crippen molar-refractivity contribution in [2.24, 2.45) is 0 Å². The highest BCUT2D eigenvalue weighted by atomic mass is 16.5. The number of hydrogen-bond donors (Lipinski definition) is 0. The Kier molecular flexibility index (Phi) is 3.41. The van der Waals surface area contributed by atoms with E-state index < -0.39 is 0 Å². The first-order valence-electron chi connectivity index (χ1n) is 6.67. The van der Waals surface area contributed by atoms with Crippen molar-refractivity contribution in [3.05, 3.63) is 47.8 Å². The summed E-state index contributed by atoms with van der Waals surface area (Å²) in [6.45, 7) is 1.72. The van der Waals surface area contributed by atoms with Crippen LogP contribution in [0.3, 0.4) is 0 Å². The maximum Gasteiger partial charge on any atom is 0.244 e. The minimum atomic E-state index is 0.107. The molecule has 3 rings (SSSR count). The molecule has 0 saturated heterocycles. The molecule has 0 fully saturated rings. The van der Waals surface area contributed by atoms with Gasteiger partial charge in [0.05, 0.1) is 7.11 Å². The van der Waals surface area contributed by atoms with E-state index in [2.05, 4.69) is 11.2 Å². The van der Waals surface area contributed by atoms with Crippen molar-refractivity contribution in [1.29, 1.82) is 0 Å². The summed E-state index contributed by atoms with van der Waals surface area (Å²) in [5, 5.41) is 4.07. The molecule has 1 aliphatic rings. The lowest BCUT2D eigenvalue weighted by Crippen LogP contribution is -2.38. The molecule has 2 heterocycles. The molecule has 1 amide bonds. The van der Waals surface area contributed by atoms with Gasteiger partial charge in [-0.25, -0.2) is 0 Å². The Morgan fingerprint density at radius 1 is 1.40 bits per heavy atom.